The molecule has 0 unspecified atom stereocenters. The van der Waals surface area contributed by atoms with E-state index in [4.69, 9.17) is 4.74 Å². The number of carbonyl (C=O) groups is 1. The third kappa shape index (κ3) is 2.65. The molecule has 0 fully saturated rings. The summed E-state index contributed by atoms with van der Waals surface area (Å²) in [5, 5.41) is 0. The van der Waals surface area contributed by atoms with Gasteiger partial charge in [0.2, 0.25) is 0 Å². The van der Waals surface area contributed by atoms with Gasteiger partial charge in [-0.1, -0.05) is 12.1 Å². The van der Waals surface area contributed by atoms with Crippen LogP contribution < -0.4 is 4.74 Å². The van der Waals surface area contributed by atoms with Gasteiger partial charge in [-0.3, -0.25) is 4.79 Å². The highest BCUT2D eigenvalue weighted by Crippen LogP contribution is 2.20. The maximum absolute atomic E-state index is 13.6. The van der Waals surface area contributed by atoms with Crippen LogP contribution in [0, 0.1) is 19.7 Å². The molecule has 2 nitrogen and oxygen atoms in total. The molecular weight excluding hydrogens is 243 g/mol. The minimum absolute atomic E-state index is 0.134. The minimum Gasteiger partial charge on any atom is -0.497 e. The SMILES string of the molecule is COc1cccc(C(=O)c2cc(C)c(F)c(C)c2)c1. The molecule has 0 radical (unpaired) electrons. The number of benzene rings is 2. The summed E-state index contributed by atoms with van der Waals surface area (Å²) in [4.78, 5) is 12.4. The van der Waals surface area contributed by atoms with Gasteiger partial charge in [0.25, 0.3) is 0 Å². The predicted octanol–water partition coefficient (Wildman–Crippen LogP) is 3.68. The van der Waals surface area contributed by atoms with E-state index in [-0.39, 0.29) is 11.6 Å². The average Bonchev–Trinajstić information content (AvgIpc) is 2.43. The van der Waals surface area contributed by atoms with Gasteiger partial charge < -0.3 is 4.74 Å². The Morgan fingerprint density at radius 3 is 2.26 bits per heavy atom. The quantitative estimate of drug-likeness (QED) is 0.785. The van der Waals surface area contributed by atoms with Crippen molar-refractivity contribution in [1.29, 1.82) is 0 Å². The van der Waals surface area contributed by atoms with Crippen molar-refractivity contribution in [3.8, 4) is 5.75 Å². The number of carbonyl (C=O) groups excluding carboxylic acids is 1. The summed E-state index contributed by atoms with van der Waals surface area (Å²) in [6, 6.07) is 10.1. The van der Waals surface area contributed by atoms with Crippen LogP contribution in [-0.2, 0) is 0 Å². The molecule has 2 aromatic rings. The summed E-state index contributed by atoms with van der Waals surface area (Å²) in [7, 11) is 1.55. The molecule has 2 rings (SSSR count). The first kappa shape index (κ1) is 13.3. The van der Waals surface area contributed by atoms with Gasteiger partial charge in [-0.05, 0) is 49.2 Å². The molecule has 0 N–H and O–H groups in total. The second-order valence-electron chi connectivity index (χ2n) is 4.49. The van der Waals surface area contributed by atoms with Crippen LogP contribution >= 0.6 is 0 Å². The summed E-state index contributed by atoms with van der Waals surface area (Å²) in [5.74, 6) is 0.230. The van der Waals surface area contributed by atoms with E-state index in [0.717, 1.165) is 0 Å². The standard InChI is InChI=1S/C16H15FO2/c1-10-7-13(8-11(2)15(10)17)16(18)12-5-4-6-14(9-12)19-3/h4-9H,1-3H3. The van der Waals surface area contributed by atoms with Crippen molar-refractivity contribution in [3.05, 3.63) is 64.5 Å². The fraction of sp³-hybridized carbons (Fsp3) is 0.188. The molecule has 0 saturated heterocycles. The van der Waals surface area contributed by atoms with Gasteiger partial charge in [0, 0.05) is 11.1 Å². The zero-order chi connectivity index (χ0) is 14.0. The molecule has 0 aliphatic carbocycles. The lowest BCUT2D eigenvalue weighted by Crippen LogP contribution is -2.04. The Balaban J connectivity index is 2.44. The molecule has 0 spiro atoms. The second kappa shape index (κ2) is 5.22. The Kier molecular flexibility index (Phi) is 3.65. The third-order valence-electron chi connectivity index (χ3n) is 3.03. The number of ketones is 1. The van der Waals surface area contributed by atoms with Gasteiger partial charge in [-0.15, -0.1) is 0 Å². The van der Waals surface area contributed by atoms with E-state index >= 15 is 0 Å². The van der Waals surface area contributed by atoms with Crippen molar-refractivity contribution in [1.82, 2.24) is 0 Å². The molecule has 0 amide bonds. The van der Waals surface area contributed by atoms with E-state index in [1.165, 1.54) is 0 Å². The summed E-state index contributed by atoms with van der Waals surface area (Å²) < 4.78 is 18.7. The highest BCUT2D eigenvalue weighted by molar-refractivity contribution is 6.09. The van der Waals surface area contributed by atoms with Crippen LogP contribution in [0.5, 0.6) is 5.75 Å². The highest BCUT2D eigenvalue weighted by atomic mass is 19.1. The maximum atomic E-state index is 13.6. The van der Waals surface area contributed by atoms with Crippen LogP contribution in [0.1, 0.15) is 27.0 Å². The van der Waals surface area contributed by atoms with E-state index in [0.29, 0.717) is 28.0 Å². The molecule has 0 heterocycles. The molecule has 0 aliphatic rings. The largest absolute Gasteiger partial charge is 0.497 e. The van der Waals surface area contributed by atoms with E-state index in [9.17, 15) is 9.18 Å². The summed E-state index contributed by atoms with van der Waals surface area (Å²) >= 11 is 0. The van der Waals surface area contributed by atoms with Gasteiger partial charge in [0.15, 0.2) is 5.78 Å². The molecule has 0 saturated carbocycles. The first-order valence-corrected chi connectivity index (χ1v) is 5.98. The lowest BCUT2D eigenvalue weighted by molar-refractivity contribution is 0.103. The van der Waals surface area contributed by atoms with Crippen LogP contribution in [0.15, 0.2) is 36.4 Å². The average molecular weight is 258 g/mol. The predicted molar refractivity (Wildman–Crippen MR) is 72.3 cm³/mol. The van der Waals surface area contributed by atoms with E-state index in [1.54, 1.807) is 57.4 Å². The lowest BCUT2D eigenvalue weighted by atomic mass is 9.99. The van der Waals surface area contributed by atoms with Gasteiger partial charge >= 0.3 is 0 Å². The molecule has 98 valence electrons. The second-order valence-corrected chi connectivity index (χ2v) is 4.49. The van der Waals surface area contributed by atoms with E-state index in [1.807, 2.05) is 0 Å². The lowest BCUT2D eigenvalue weighted by Gasteiger charge is -2.07. The Labute approximate surface area is 111 Å². The smallest absolute Gasteiger partial charge is 0.193 e. The van der Waals surface area contributed by atoms with Crippen molar-refractivity contribution >= 4 is 5.78 Å². The number of hydrogen-bond acceptors (Lipinski definition) is 2. The number of aryl methyl sites for hydroxylation is 2. The number of methoxy groups -OCH3 is 1. The molecule has 3 heteroatoms. The van der Waals surface area contributed by atoms with Crippen LogP contribution in [-0.4, -0.2) is 12.9 Å². The van der Waals surface area contributed by atoms with Crippen molar-refractivity contribution in [2.24, 2.45) is 0 Å². The van der Waals surface area contributed by atoms with Crippen LogP contribution in [0.3, 0.4) is 0 Å². The molecule has 19 heavy (non-hydrogen) atoms. The van der Waals surface area contributed by atoms with Crippen LogP contribution in [0.4, 0.5) is 4.39 Å². The zero-order valence-corrected chi connectivity index (χ0v) is 11.2. The van der Waals surface area contributed by atoms with E-state index in [2.05, 4.69) is 0 Å². The number of rotatable bonds is 3. The zero-order valence-electron chi connectivity index (χ0n) is 11.2. The topological polar surface area (TPSA) is 26.3 Å². The van der Waals surface area contributed by atoms with Gasteiger partial charge in [0.1, 0.15) is 11.6 Å². The van der Waals surface area contributed by atoms with Gasteiger partial charge in [-0.25, -0.2) is 4.39 Å². The Morgan fingerprint density at radius 1 is 1.05 bits per heavy atom. The molecule has 0 bridgehead atoms. The molecule has 2 aromatic carbocycles. The Morgan fingerprint density at radius 2 is 1.68 bits per heavy atom. The molecule has 0 atom stereocenters. The third-order valence-corrected chi connectivity index (χ3v) is 3.03. The Hall–Kier alpha value is -2.16. The monoisotopic (exact) mass is 258 g/mol. The van der Waals surface area contributed by atoms with Crippen molar-refractivity contribution in [3.63, 3.8) is 0 Å². The van der Waals surface area contributed by atoms with Crippen LogP contribution in [0.2, 0.25) is 0 Å². The summed E-state index contributed by atoms with van der Waals surface area (Å²) in [6.45, 7) is 3.31. The minimum atomic E-state index is -0.262. The Bertz CT molecular complexity index is 609. The fourth-order valence-corrected chi connectivity index (χ4v) is 2.01. The maximum Gasteiger partial charge on any atom is 0.193 e. The number of ether oxygens (including phenoxy) is 1. The summed E-state index contributed by atoms with van der Waals surface area (Å²) in [6.07, 6.45) is 0. The normalized spacial score (nSPS) is 10.3. The first-order chi connectivity index (χ1) is 9.02. The van der Waals surface area contributed by atoms with Crippen molar-refractivity contribution in [2.45, 2.75) is 13.8 Å². The van der Waals surface area contributed by atoms with Gasteiger partial charge in [-0.2, -0.15) is 0 Å². The number of halogens is 1. The number of hydrogen-bond donors (Lipinski definition) is 0. The molecule has 0 aromatic heterocycles. The molecular formula is C16H15FO2. The van der Waals surface area contributed by atoms with Gasteiger partial charge in [0.05, 0.1) is 7.11 Å². The van der Waals surface area contributed by atoms with Crippen molar-refractivity contribution in [2.75, 3.05) is 7.11 Å². The van der Waals surface area contributed by atoms with Crippen molar-refractivity contribution < 1.29 is 13.9 Å². The van der Waals surface area contributed by atoms with E-state index < -0.39 is 0 Å². The highest BCUT2D eigenvalue weighted by Gasteiger charge is 2.13. The fourth-order valence-electron chi connectivity index (χ4n) is 2.01. The first-order valence-electron chi connectivity index (χ1n) is 5.98. The summed E-state index contributed by atoms with van der Waals surface area (Å²) in [5.41, 5.74) is 1.98. The molecule has 0 aliphatic heterocycles. The van der Waals surface area contributed by atoms with Crippen LogP contribution in [0.25, 0.3) is 0 Å².